The number of hydrogen-bond donors (Lipinski definition) is 1. The third kappa shape index (κ3) is 3.06. The summed E-state index contributed by atoms with van der Waals surface area (Å²) in [5.74, 6) is 0. The van der Waals surface area contributed by atoms with Gasteiger partial charge in [-0.05, 0) is 35.4 Å². The maximum Gasteiger partial charge on any atom is 0.238 e. The number of benzene rings is 1. The zero-order valence-electron chi connectivity index (χ0n) is 6.30. The van der Waals surface area contributed by atoms with Crippen molar-refractivity contribution in [2.24, 2.45) is 0 Å². The highest BCUT2D eigenvalue weighted by Crippen LogP contribution is 2.28. The summed E-state index contributed by atoms with van der Waals surface area (Å²) in [6.07, 6.45) is 0. The molecule has 5 heteroatoms. The van der Waals surface area contributed by atoms with Crippen molar-refractivity contribution in [3.8, 4) is 0 Å². The lowest BCUT2D eigenvalue weighted by atomic mass is 10.1. The minimum atomic E-state index is -0.683. The van der Waals surface area contributed by atoms with E-state index in [1.165, 1.54) is 0 Å². The van der Waals surface area contributed by atoms with Gasteiger partial charge in [0, 0.05) is 10.0 Å². The molecule has 1 nitrogen and oxygen atoms in total. The van der Waals surface area contributed by atoms with Gasteiger partial charge in [-0.2, -0.15) is 12.6 Å². The van der Waals surface area contributed by atoms with Gasteiger partial charge in [0.2, 0.25) is 5.24 Å². The normalized spacial score (nSPS) is 12.6. The molecule has 0 fully saturated rings. The van der Waals surface area contributed by atoms with Crippen molar-refractivity contribution < 1.29 is 4.79 Å². The molecule has 0 spiro atoms. The lowest BCUT2D eigenvalue weighted by Crippen LogP contribution is -1.98. The Hall–Kier alpha value is 0.110. The highest BCUT2D eigenvalue weighted by Gasteiger charge is 2.14. The van der Waals surface area contributed by atoms with E-state index in [0.29, 0.717) is 15.6 Å². The fourth-order valence-corrected chi connectivity index (χ4v) is 1.68. The van der Waals surface area contributed by atoms with E-state index in [9.17, 15) is 4.79 Å². The van der Waals surface area contributed by atoms with Gasteiger partial charge < -0.3 is 0 Å². The summed E-state index contributed by atoms with van der Waals surface area (Å²) < 4.78 is 0. The molecular formula is C8H5Cl3OS. The third-order valence-electron chi connectivity index (χ3n) is 1.42. The van der Waals surface area contributed by atoms with E-state index in [-0.39, 0.29) is 0 Å². The summed E-state index contributed by atoms with van der Waals surface area (Å²) in [5.41, 5.74) is 0.598. The van der Waals surface area contributed by atoms with Gasteiger partial charge >= 0.3 is 0 Å². The molecule has 1 rings (SSSR count). The van der Waals surface area contributed by atoms with Crippen molar-refractivity contribution >= 4 is 52.7 Å². The van der Waals surface area contributed by atoms with E-state index >= 15 is 0 Å². The van der Waals surface area contributed by atoms with Crippen LogP contribution in [-0.2, 0) is 4.79 Å². The molecule has 1 unspecified atom stereocenters. The van der Waals surface area contributed by atoms with Crippen LogP contribution in [0.3, 0.4) is 0 Å². The van der Waals surface area contributed by atoms with Crippen LogP contribution >= 0.6 is 47.4 Å². The van der Waals surface area contributed by atoms with Gasteiger partial charge in [-0.3, -0.25) is 4.79 Å². The summed E-state index contributed by atoms with van der Waals surface area (Å²) in [5, 5.41) is -0.321. The quantitative estimate of drug-likeness (QED) is 0.629. The number of carbonyl (C=O) groups is 1. The molecule has 1 atom stereocenters. The van der Waals surface area contributed by atoms with Crippen LogP contribution in [0.25, 0.3) is 0 Å². The van der Waals surface area contributed by atoms with Gasteiger partial charge in [-0.25, -0.2) is 0 Å². The Morgan fingerprint density at radius 1 is 1.23 bits per heavy atom. The number of rotatable bonds is 2. The molecule has 0 aliphatic carbocycles. The van der Waals surface area contributed by atoms with Crippen LogP contribution in [0.15, 0.2) is 18.2 Å². The van der Waals surface area contributed by atoms with Crippen LogP contribution in [0.5, 0.6) is 0 Å². The number of thiol groups is 1. The first-order chi connectivity index (χ1) is 6.00. The summed E-state index contributed by atoms with van der Waals surface area (Å²) in [6.45, 7) is 0. The standard InChI is InChI=1S/C8H5Cl3OS/c9-5-1-4(2-6(10)3-5)7(13)8(11)12/h1-3,7,13H. The Balaban J connectivity index is 3.07. The lowest BCUT2D eigenvalue weighted by molar-refractivity contribution is -0.111. The average Bonchev–Trinajstić information content (AvgIpc) is 2.01. The van der Waals surface area contributed by atoms with Crippen molar-refractivity contribution in [1.29, 1.82) is 0 Å². The number of hydrogen-bond acceptors (Lipinski definition) is 2. The highest BCUT2D eigenvalue weighted by molar-refractivity contribution is 7.81. The van der Waals surface area contributed by atoms with E-state index in [1.54, 1.807) is 18.2 Å². The molecule has 0 aromatic heterocycles. The monoisotopic (exact) mass is 254 g/mol. The molecule has 0 heterocycles. The predicted octanol–water partition coefficient (Wildman–Crippen LogP) is 3.73. The van der Waals surface area contributed by atoms with Crippen LogP contribution in [0.4, 0.5) is 0 Å². The molecule has 70 valence electrons. The minimum absolute atomic E-state index is 0.458. The second-order valence-electron chi connectivity index (χ2n) is 2.41. The predicted molar refractivity (Wildman–Crippen MR) is 59.0 cm³/mol. The first kappa shape index (κ1) is 11.2. The van der Waals surface area contributed by atoms with Crippen LogP contribution in [-0.4, -0.2) is 5.24 Å². The Bertz CT molecular complexity index is 320. The highest BCUT2D eigenvalue weighted by atomic mass is 35.5. The number of carbonyl (C=O) groups excluding carboxylic acids is 1. The van der Waals surface area contributed by atoms with E-state index < -0.39 is 10.5 Å². The van der Waals surface area contributed by atoms with Crippen molar-refractivity contribution in [2.75, 3.05) is 0 Å². The van der Waals surface area contributed by atoms with Crippen LogP contribution < -0.4 is 0 Å². The molecule has 0 N–H and O–H groups in total. The molecular weight excluding hydrogens is 251 g/mol. The Kier molecular flexibility index (Phi) is 3.92. The lowest BCUT2D eigenvalue weighted by Gasteiger charge is -2.06. The van der Waals surface area contributed by atoms with E-state index in [0.717, 1.165) is 0 Å². The maximum atomic E-state index is 10.8. The van der Waals surface area contributed by atoms with Crippen LogP contribution in [0.2, 0.25) is 10.0 Å². The molecule has 0 radical (unpaired) electrons. The Labute approximate surface area is 96.4 Å². The summed E-state index contributed by atoms with van der Waals surface area (Å²) in [6, 6.07) is 4.78. The molecule has 0 saturated carbocycles. The Morgan fingerprint density at radius 3 is 2.08 bits per heavy atom. The molecule has 1 aromatic carbocycles. The van der Waals surface area contributed by atoms with Crippen molar-refractivity contribution in [3.05, 3.63) is 33.8 Å². The van der Waals surface area contributed by atoms with E-state index in [2.05, 4.69) is 12.6 Å². The fourth-order valence-electron chi connectivity index (χ4n) is 0.864. The van der Waals surface area contributed by atoms with Crippen LogP contribution in [0.1, 0.15) is 10.8 Å². The van der Waals surface area contributed by atoms with Gasteiger partial charge in [0.15, 0.2) is 0 Å². The molecule has 0 bridgehead atoms. The second-order valence-corrected chi connectivity index (χ2v) is 4.17. The molecule has 0 saturated heterocycles. The topological polar surface area (TPSA) is 17.1 Å². The zero-order chi connectivity index (χ0) is 10.0. The first-order valence-electron chi connectivity index (χ1n) is 3.34. The molecule has 0 aliphatic heterocycles. The zero-order valence-corrected chi connectivity index (χ0v) is 9.46. The molecule has 1 aromatic rings. The van der Waals surface area contributed by atoms with Gasteiger partial charge in [0.25, 0.3) is 0 Å². The second kappa shape index (κ2) is 4.56. The average molecular weight is 256 g/mol. The van der Waals surface area contributed by atoms with Gasteiger partial charge in [-0.1, -0.05) is 23.2 Å². The first-order valence-corrected chi connectivity index (χ1v) is 4.99. The SMILES string of the molecule is O=C(Cl)C(S)c1cc(Cl)cc(Cl)c1. The minimum Gasteiger partial charge on any atom is -0.280 e. The van der Waals surface area contributed by atoms with Gasteiger partial charge in [-0.15, -0.1) is 0 Å². The fraction of sp³-hybridized carbons (Fsp3) is 0.125. The molecule has 0 aliphatic rings. The van der Waals surface area contributed by atoms with E-state index in [4.69, 9.17) is 34.8 Å². The summed E-state index contributed by atoms with van der Waals surface area (Å²) in [7, 11) is 0. The van der Waals surface area contributed by atoms with Gasteiger partial charge in [0.1, 0.15) is 5.25 Å². The van der Waals surface area contributed by atoms with Crippen LogP contribution in [0, 0.1) is 0 Å². The van der Waals surface area contributed by atoms with Crippen molar-refractivity contribution in [2.45, 2.75) is 5.25 Å². The van der Waals surface area contributed by atoms with E-state index in [1.807, 2.05) is 0 Å². The maximum absolute atomic E-state index is 10.8. The largest absolute Gasteiger partial charge is 0.280 e. The summed E-state index contributed by atoms with van der Waals surface area (Å²) >= 11 is 20.7. The van der Waals surface area contributed by atoms with Gasteiger partial charge in [0.05, 0.1) is 0 Å². The third-order valence-corrected chi connectivity index (χ3v) is 2.76. The molecule has 13 heavy (non-hydrogen) atoms. The summed E-state index contributed by atoms with van der Waals surface area (Å²) in [4.78, 5) is 10.8. The van der Waals surface area contributed by atoms with Crippen molar-refractivity contribution in [1.82, 2.24) is 0 Å². The van der Waals surface area contributed by atoms with Crippen molar-refractivity contribution in [3.63, 3.8) is 0 Å². The molecule has 0 amide bonds. The Morgan fingerprint density at radius 2 is 1.69 bits per heavy atom. The number of halogens is 3. The smallest absolute Gasteiger partial charge is 0.238 e.